The molecular weight excluding hydrogens is 411 g/mol. The second-order valence-corrected chi connectivity index (χ2v) is 7.43. The van der Waals surface area contributed by atoms with Crippen LogP contribution in [0.1, 0.15) is 11.4 Å². The number of carbonyl (C=O) groups excluding carboxylic acids is 1. The molecule has 0 N–H and O–H groups in total. The number of thioether (sulfide) groups is 1. The molecule has 0 fully saturated rings. The highest BCUT2D eigenvalue weighted by Gasteiger charge is 2.35. The maximum Gasteiger partial charge on any atom is 0.451 e. The average Bonchev–Trinajstić information content (AvgIpc) is 2.66. The lowest BCUT2D eigenvalue weighted by atomic mass is 10.2. The number of hydrogen-bond acceptors (Lipinski definition) is 4. The van der Waals surface area contributed by atoms with Crippen molar-refractivity contribution in [1.82, 2.24) is 14.9 Å². The molecule has 4 nitrogen and oxygen atoms in total. The molecular formula is C19H15ClF3N3OS. The molecule has 1 amide bonds. The van der Waals surface area contributed by atoms with E-state index in [9.17, 15) is 18.0 Å². The van der Waals surface area contributed by atoms with Gasteiger partial charge in [-0.05, 0) is 23.8 Å². The molecule has 0 aliphatic rings. The predicted octanol–water partition coefficient (Wildman–Crippen LogP) is 5.05. The Morgan fingerprint density at radius 3 is 2.46 bits per heavy atom. The van der Waals surface area contributed by atoms with E-state index >= 15 is 0 Å². The van der Waals surface area contributed by atoms with Crippen LogP contribution in [0, 0.1) is 0 Å². The molecule has 1 aromatic heterocycles. The smallest absolute Gasteiger partial charge is 0.341 e. The molecule has 0 radical (unpaired) electrons. The van der Waals surface area contributed by atoms with Crippen molar-refractivity contribution in [2.75, 3.05) is 12.8 Å². The summed E-state index contributed by atoms with van der Waals surface area (Å²) >= 11 is 6.81. The topological polar surface area (TPSA) is 46.1 Å². The van der Waals surface area contributed by atoms with Crippen LogP contribution < -0.4 is 0 Å². The van der Waals surface area contributed by atoms with E-state index in [0.717, 1.165) is 17.3 Å². The van der Waals surface area contributed by atoms with E-state index in [2.05, 4.69) is 9.97 Å². The number of halogens is 4. The van der Waals surface area contributed by atoms with Crippen molar-refractivity contribution in [3.8, 4) is 0 Å². The van der Waals surface area contributed by atoms with E-state index in [-0.39, 0.29) is 22.2 Å². The maximum absolute atomic E-state index is 13.1. The van der Waals surface area contributed by atoms with Gasteiger partial charge in [0.1, 0.15) is 5.03 Å². The van der Waals surface area contributed by atoms with Gasteiger partial charge in [0.25, 0.3) is 0 Å². The van der Waals surface area contributed by atoms with E-state index in [4.69, 9.17) is 11.6 Å². The maximum atomic E-state index is 13.1. The largest absolute Gasteiger partial charge is 0.451 e. The highest BCUT2D eigenvalue weighted by atomic mass is 35.5. The zero-order chi connectivity index (χ0) is 20.3. The normalized spacial score (nSPS) is 11.6. The molecule has 3 rings (SSSR count). The van der Waals surface area contributed by atoms with Gasteiger partial charge in [-0.3, -0.25) is 4.79 Å². The molecule has 2 aromatic carbocycles. The van der Waals surface area contributed by atoms with E-state index in [1.165, 1.54) is 11.0 Å². The highest BCUT2D eigenvalue weighted by Crippen LogP contribution is 2.32. The Morgan fingerprint density at radius 1 is 1.11 bits per heavy atom. The highest BCUT2D eigenvalue weighted by molar-refractivity contribution is 8.00. The molecule has 146 valence electrons. The second kappa shape index (κ2) is 8.36. The number of para-hydroxylation sites is 1. The van der Waals surface area contributed by atoms with Crippen molar-refractivity contribution < 1.29 is 18.0 Å². The van der Waals surface area contributed by atoms with Gasteiger partial charge in [-0.2, -0.15) is 13.2 Å². The number of hydrogen-bond donors (Lipinski definition) is 0. The molecule has 28 heavy (non-hydrogen) atoms. The van der Waals surface area contributed by atoms with Gasteiger partial charge in [-0.15, -0.1) is 0 Å². The number of rotatable bonds is 5. The monoisotopic (exact) mass is 425 g/mol. The molecule has 0 bridgehead atoms. The van der Waals surface area contributed by atoms with Gasteiger partial charge in [0.05, 0.1) is 11.3 Å². The molecule has 0 aliphatic heterocycles. The Morgan fingerprint density at radius 2 is 1.79 bits per heavy atom. The fourth-order valence-corrected chi connectivity index (χ4v) is 3.56. The summed E-state index contributed by atoms with van der Waals surface area (Å²) in [6.45, 7) is 0.370. The molecule has 0 aliphatic carbocycles. The molecule has 0 atom stereocenters. The quantitative estimate of drug-likeness (QED) is 0.424. The van der Waals surface area contributed by atoms with Crippen molar-refractivity contribution in [2.24, 2.45) is 0 Å². The molecule has 3 aromatic rings. The molecule has 0 saturated carbocycles. The summed E-state index contributed by atoms with van der Waals surface area (Å²) in [5.74, 6) is -1.48. The van der Waals surface area contributed by atoms with Crippen LogP contribution >= 0.6 is 23.4 Å². The third-order valence-electron chi connectivity index (χ3n) is 3.91. The first-order valence-corrected chi connectivity index (χ1v) is 9.55. The molecule has 0 spiro atoms. The zero-order valence-electron chi connectivity index (χ0n) is 14.7. The van der Waals surface area contributed by atoms with E-state index in [1.807, 2.05) is 12.1 Å². The van der Waals surface area contributed by atoms with E-state index < -0.39 is 12.0 Å². The Kier molecular flexibility index (Phi) is 6.10. The summed E-state index contributed by atoms with van der Waals surface area (Å²) in [4.78, 5) is 21.1. The van der Waals surface area contributed by atoms with Gasteiger partial charge in [0, 0.05) is 24.0 Å². The Bertz CT molecular complexity index is 996. The van der Waals surface area contributed by atoms with E-state index in [0.29, 0.717) is 17.0 Å². The predicted molar refractivity (Wildman–Crippen MR) is 103 cm³/mol. The fraction of sp³-hybridized carbons (Fsp3) is 0.211. The van der Waals surface area contributed by atoms with Crippen LogP contribution in [0.4, 0.5) is 13.2 Å². The lowest BCUT2D eigenvalue weighted by molar-refractivity contribution is -0.145. The number of fused-ring (bicyclic) bond motifs is 1. The number of amides is 1. The minimum Gasteiger partial charge on any atom is -0.341 e. The zero-order valence-corrected chi connectivity index (χ0v) is 16.3. The van der Waals surface area contributed by atoms with Gasteiger partial charge < -0.3 is 4.90 Å². The molecule has 9 heteroatoms. The Labute approximate surface area is 168 Å². The lowest BCUT2D eigenvalue weighted by Gasteiger charge is -2.17. The number of nitrogens with zero attached hydrogens (tertiary/aromatic N) is 3. The second-order valence-electron chi connectivity index (χ2n) is 6.03. The average molecular weight is 426 g/mol. The first-order valence-electron chi connectivity index (χ1n) is 8.19. The van der Waals surface area contributed by atoms with E-state index in [1.54, 1.807) is 37.4 Å². The van der Waals surface area contributed by atoms with Gasteiger partial charge in [0.2, 0.25) is 11.7 Å². The number of alkyl halides is 3. The van der Waals surface area contributed by atoms with Gasteiger partial charge in [-0.25, -0.2) is 9.97 Å². The van der Waals surface area contributed by atoms with Crippen LogP contribution in [0.25, 0.3) is 10.9 Å². The van der Waals surface area contributed by atoms with Crippen molar-refractivity contribution in [2.45, 2.75) is 17.7 Å². The van der Waals surface area contributed by atoms with Gasteiger partial charge in [0.15, 0.2) is 0 Å². The summed E-state index contributed by atoms with van der Waals surface area (Å²) < 4.78 is 39.2. The minimum atomic E-state index is -4.66. The summed E-state index contributed by atoms with van der Waals surface area (Å²) in [5.41, 5.74) is 1.09. The van der Waals surface area contributed by atoms with Crippen molar-refractivity contribution >= 4 is 40.2 Å². The summed E-state index contributed by atoms with van der Waals surface area (Å²) in [7, 11) is 1.64. The molecule has 0 saturated heterocycles. The third kappa shape index (κ3) is 4.94. The Hall–Kier alpha value is -2.32. The summed E-state index contributed by atoms with van der Waals surface area (Å²) in [6.07, 6.45) is -4.66. The van der Waals surface area contributed by atoms with Crippen LogP contribution in [-0.2, 0) is 17.5 Å². The van der Waals surface area contributed by atoms with Crippen molar-refractivity contribution in [3.05, 3.63) is 64.9 Å². The third-order valence-corrected chi connectivity index (χ3v) is 5.14. The molecule has 0 unspecified atom stereocenters. The number of carbonyl (C=O) groups is 1. The van der Waals surface area contributed by atoms with Gasteiger partial charge in [-0.1, -0.05) is 53.7 Å². The standard InChI is InChI=1S/C19H15ClF3N3OS/c1-26(10-12-6-8-13(20)9-7-12)16(27)11-28-17-14-4-2-3-5-15(14)24-18(25-17)19(21,22)23/h2-9H,10-11H2,1H3. The minimum absolute atomic E-state index is 0.0393. The van der Waals surface area contributed by atoms with Crippen molar-refractivity contribution in [3.63, 3.8) is 0 Å². The van der Waals surface area contributed by atoms with Crippen molar-refractivity contribution in [1.29, 1.82) is 0 Å². The SMILES string of the molecule is CN(Cc1ccc(Cl)cc1)C(=O)CSc1nc(C(F)(F)F)nc2ccccc12. The van der Waals surface area contributed by atoms with Crippen LogP contribution in [0.5, 0.6) is 0 Å². The van der Waals surface area contributed by atoms with Crippen LogP contribution in [-0.4, -0.2) is 33.6 Å². The number of benzene rings is 2. The van der Waals surface area contributed by atoms with Crippen LogP contribution in [0.3, 0.4) is 0 Å². The molecule has 1 heterocycles. The van der Waals surface area contributed by atoms with Crippen LogP contribution in [0.2, 0.25) is 5.02 Å². The summed E-state index contributed by atoms with van der Waals surface area (Å²) in [5, 5.41) is 1.21. The first kappa shape index (κ1) is 20.4. The van der Waals surface area contributed by atoms with Crippen LogP contribution in [0.15, 0.2) is 53.6 Å². The summed E-state index contributed by atoms with van der Waals surface area (Å²) in [6, 6.07) is 13.5. The Balaban J connectivity index is 1.75. The fourth-order valence-electron chi connectivity index (χ4n) is 2.48. The lowest BCUT2D eigenvalue weighted by Crippen LogP contribution is -2.27. The first-order chi connectivity index (χ1) is 13.2. The van der Waals surface area contributed by atoms with Gasteiger partial charge >= 0.3 is 6.18 Å². The number of aromatic nitrogens is 2.